The molecule has 1 aromatic carbocycles. The van der Waals surface area contributed by atoms with Gasteiger partial charge in [-0.2, -0.15) is 0 Å². The van der Waals surface area contributed by atoms with Crippen LogP contribution in [0, 0.1) is 0 Å². The van der Waals surface area contributed by atoms with Gasteiger partial charge in [-0.25, -0.2) is 0 Å². The molecule has 2 N–H and O–H groups in total. The zero-order valence-electron chi connectivity index (χ0n) is 10.6. The Hall–Kier alpha value is -1.06. The molecule has 0 aliphatic carbocycles. The molecule has 0 bridgehead atoms. The average Bonchev–Trinajstić information content (AvgIpc) is 2.30. The van der Waals surface area contributed by atoms with Crippen molar-refractivity contribution in [3.05, 3.63) is 29.8 Å². The summed E-state index contributed by atoms with van der Waals surface area (Å²) in [4.78, 5) is 0. The molecule has 0 amide bonds. The molecular formula is C14H21NO2. The molecule has 2 rings (SSSR count). The third-order valence-corrected chi connectivity index (χ3v) is 3.57. The van der Waals surface area contributed by atoms with Gasteiger partial charge in [-0.1, -0.05) is 12.1 Å². The Morgan fingerprint density at radius 3 is 2.76 bits per heavy atom. The summed E-state index contributed by atoms with van der Waals surface area (Å²) in [6, 6.07) is 7.59. The number of nitrogens with one attached hydrogen (secondary N) is 1. The molecule has 0 saturated carbocycles. The van der Waals surface area contributed by atoms with Crippen LogP contribution in [0.2, 0.25) is 0 Å². The number of benzene rings is 1. The topological polar surface area (TPSA) is 41.5 Å². The highest BCUT2D eigenvalue weighted by atomic mass is 16.5. The summed E-state index contributed by atoms with van der Waals surface area (Å²) in [6.45, 7) is 3.97. The number of piperidine rings is 1. The fourth-order valence-electron chi connectivity index (χ4n) is 2.73. The van der Waals surface area contributed by atoms with Crippen LogP contribution >= 0.6 is 0 Å². The van der Waals surface area contributed by atoms with Crippen molar-refractivity contribution in [1.82, 2.24) is 5.32 Å². The van der Waals surface area contributed by atoms with E-state index in [2.05, 4.69) is 12.2 Å². The van der Waals surface area contributed by atoms with Crippen molar-refractivity contribution in [2.45, 2.75) is 31.2 Å². The predicted molar refractivity (Wildman–Crippen MR) is 68.4 cm³/mol. The lowest BCUT2D eigenvalue weighted by Gasteiger charge is -2.39. The first kappa shape index (κ1) is 12.4. The van der Waals surface area contributed by atoms with Crippen LogP contribution in [0.15, 0.2) is 24.3 Å². The van der Waals surface area contributed by atoms with E-state index in [4.69, 9.17) is 4.74 Å². The number of hydrogen-bond donors (Lipinski definition) is 2. The van der Waals surface area contributed by atoms with E-state index < -0.39 is 0 Å². The van der Waals surface area contributed by atoms with Gasteiger partial charge >= 0.3 is 0 Å². The number of aromatic hydroxyl groups is 1. The van der Waals surface area contributed by atoms with Crippen LogP contribution in [0.25, 0.3) is 0 Å². The number of phenolic OH excluding ortho intramolecular Hbond substituents is 1. The van der Waals surface area contributed by atoms with Gasteiger partial charge in [-0.05, 0) is 49.9 Å². The Labute approximate surface area is 103 Å². The van der Waals surface area contributed by atoms with Gasteiger partial charge in [0.05, 0.1) is 6.61 Å². The summed E-state index contributed by atoms with van der Waals surface area (Å²) >= 11 is 0. The standard InChI is InChI=1S/C14H21NO2/c1-14(10-17-2)9-12(7-8-15-14)11-3-5-13(16)6-4-11/h3-6,12,15-16H,7-10H2,1-2H3. The number of methoxy groups -OCH3 is 1. The molecule has 0 aromatic heterocycles. The van der Waals surface area contributed by atoms with Crippen LogP contribution in [0.3, 0.4) is 0 Å². The normalized spacial score (nSPS) is 29.2. The fourth-order valence-corrected chi connectivity index (χ4v) is 2.73. The van der Waals surface area contributed by atoms with E-state index in [1.54, 1.807) is 19.2 Å². The fraction of sp³-hybridized carbons (Fsp3) is 0.571. The zero-order valence-corrected chi connectivity index (χ0v) is 10.6. The molecular weight excluding hydrogens is 214 g/mol. The number of rotatable bonds is 3. The highest BCUT2D eigenvalue weighted by Gasteiger charge is 2.32. The van der Waals surface area contributed by atoms with Crippen molar-refractivity contribution in [2.75, 3.05) is 20.3 Å². The monoisotopic (exact) mass is 235 g/mol. The van der Waals surface area contributed by atoms with E-state index in [0.717, 1.165) is 26.0 Å². The lowest BCUT2D eigenvalue weighted by Crippen LogP contribution is -2.51. The van der Waals surface area contributed by atoms with Gasteiger partial charge in [0.2, 0.25) is 0 Å². The van der Waals surface area contributed by atoms with Gasteiger partial charge in [0.15, 0.2) is 0 Å². The van der Waals surface area contributed by atoms with Gasteiger partial charge < -0.3 is 15.2 Å². The minimum absolute atomic E-state index is 0.0650. The van der Waals surface area contributed by atoms with Crippen LogP contribution in [0.4, 0.5) is 0 Å². The summed E-state index contributed by atoms with van der Waals surface area (Å²) in [7, 11) is 1.75. The minimum Gasteiger partial charge on any atom is -0.508 e. The number of phenols is 1. The van der Waals surface area contributed by atoms with Crippen molar-refractivity contribution in [3.63, 3.8) is 0 Å². The molecule has 1 aromatic rings. The largest absolute Gasteiger partial charge is 0.508 e. The SMILES string of the molecule is COCC1(C)CC(c2ccc(O)cc2)CCN1. The molecule has 2 unspecified atom stereocenters. The first-order chi connectivity index (χ1) is 8.13. The molecule has 2 atom stereocenters. The third-order valence-electron chi connectivity index (χ3n) is 3.57. The molecule has 1 saturated heterocycles. The number of hydrogen-bond acceptors (Lipinski definition) is 3. The predicted octanol–water partition coefficient (Wildman–Crippen LogP) is 2.26. The molecule has 1 fully saturated rings. The highest BCUT2D eigenvalue weighted by molar-refractivity contribution is 5.29. The van der Waals surface area contributed by atoms with Crippen molar-refractivity contribution < 1.29 is 9.84 Å². The maximum Gasteiger partial charge on any atom is 0.115 e. The van der Waals surface area contributed by atoms with Crippen molar-refractivity contribution in [1.29, 1.82) is 0 Å². The van der Waals surface area contributed by atoms with E-state index in [1.807, 2.05) is 12.1 Å². The van der Waals surface area contributed by atoms with Crippen LogP contribution in [0.1, 0.15) is 31.2 Å². The number of ether oxygens (including phenoxy) is 1. The van der Waals surface area contributed by atoms with E-state index in [9.17, 15) is 5.11 Å². The summed E-state index contributed by atoms with van der Waals surface area (Å²) in [5, 5.41) is 12.8. The molecule has 1 aliphatic heterocycles. The van der Waals surface area contributed by atoms with Crippen LogP contribution in [-0.4, -0.2) is 30.9 Å². The van der Waals surface area contributed by atoms with Gasteiger partial charge in [0.25, 0.3) is 0 Å². The van der Waals surface area contributed by atoms with E-state index in [0.29, 0.717) is 11.7 Å². The Bertz CT molecular complexity index is 359. The molecule has 0 spiro atoms. The lowest BCUT2D eigenvalue weighted by molar-refractivity contribution is 0.0946. The smallest absolute Gasteiger partial charge is 0.115 e. The molecule has 1 aliphatic rings. The van der Waals surface area contributed by atoms with Crippen molar-refractivity contribution >= 4 is 0 Å². The van der Waals surface area contributed by atoms with E-state index in [-0.39, 0.29) is 5.54 Å². The first-order valence-corrected chi connectivity index (χ1v) is 6.16. The van der Waals surface area contributed by atoms with Crippen molar-refractivity contribution in [3.8, 4) is 5.75 Å². The second-order valence-corrected chi connectivity index (χ2v) is 5.20. The summed E-state index contributed by atoms with van der Waals surface area (Å²) < 4.78 is 5.29. The summed E-state index contributed by atoms with van der Waals surface area (Å²) in [5.74, 6) is 0.888. The molecule has 3 nitrogen and oxygen atoms in total. The second-order valence-electron chi connectivity index (χ2n) is 5.20. The van der Waals surface area contributed by atoms with Gasteiger partial charge in [-0.3, -0.25) is 0 Å². The van der Waals surface area contributed by atoms with Gasteiger partial charge in [0.1, 0.15) is 5.75 Å². The van der Waals surface area contributed by atoms with Crippen LogP contribution < -0.4 is 5.32 Å². The Morgan fingerprint density at radius 2 is 2.12 bits per heavy atom. The maximum absolute atomic E-state index is 9.31. The third kappa shape index (κ3) is 2.99. The molecule has 1 heterocycles. The Balaban J connectivity index is 2.09. The quantitative estimate of drug-likeness (QED) is 0.844. The Kier molecular flexibility index (Phi) is 3.69. The maximum atomic E-state index is 9.31. The Morgan fingerprint density at radius 1 is 1.41 bits per heavy atom. The first-order valence-electron chi connectivity index (χ1n) is 6.16. The minimum atomic E-state index is 0.0650. The van der Waals surface area contributed by atoms with Gasteiger partial charge in [-0.15, -0.1) is 0 Å². The molecule has 0 radical (unpaired) electrons. The van der Waals surface area contributed by atoms with E-state index in [1.165, 1.54) is 5.56 Å². The molecule has 3 heteroatoms. The zero-order chi connectivity index (χ0) is 12.3. The van der Waals surface area contributed by atoms with Crippen LogP contribution in [-0.2, 0) is 4.74 Å². The average molecular weight is 235 g/mol. The van der Waals surface area contributed by atoms with Crippen molar-refractivity contribution in [2.24, 2.45) is 0 Å². The summed E-state index contributed by atoms with van der Waals surface area (Å²) in [5.41, 5.74) is 1.38. The van der Waals surface area contributed by atoms with Crippen LogP contribution in [0.5, 0.6) is 5.75 Å². The molecule has 17 heavy (non-hydrogen) atoms. The lowest BCUT2D eigenvalue weighted by atomic mass is 9.80. The molecule has 94 valence electrons. The second kappa shape index (κ2) is 5.07. The summed E-state index contributed by atoms with van der Waals surface area (Å²) in [6.07, 6.45) is 2.22. The highest BCUT2D eigenvalue weighted by Crippen LogP contribution is 2.33. The van der Waals surface area contributed by atoms with Gasteiger partial charge in [0, 0.05) is 12.6 Å². The van der Waals surface area contributed by atoms with E-state index >= 15 is 0 Å².